The summed E-state index contributed by atoms with van der Waals surface area (Å²) in [6, 6.07) is 5.93. The first-order chi connectivity index (χ1) is 9.36. The molecule has 2 rings (SSSR count). The average molecular weight is 271 g/mol. The van der Waals surface area contributed by atoms with Crippen molar-refractivity contribution in [1.82, 2.24) is 19.7 Å². The van der Waals surface area contributed by atoms with E-state index in [1.165, 1.54) is 11.8 Å². The Bertz CT molecular complexity index is 585. The van der Waals surface area contributed by atoms with Crippen molar-refractivity contribution in [2.45, 2.75) is 18.1 Å². The highest BCUT2D eigenvalue weighted by Gasteiger charge is 2.13. The van der Waals surface area contributed by atoms with E-state index in [9.17, 15) is 0 Å². The van der Waals surface area contributed by atoms with E-state index in [-0.39, 0.29) is 0 Å². The molecule has 5 nitrogen and oxygen atoms in total. The van der Waals surface area contributed by atoms with Crippen LogP contribution in [0, 0.1) is 11.3 Å². The Labute approximate surface area is 116 Å². The van der Waals surface area contributed by atoms with E-state index in [1.54, 1.807) is 18.5 Å². The molecule has 0 saturated heterocycles. The summed E-state index contributed by atoms with van der Waals surface area (Å²) in [6.45, 7) is 4.39. The Balaban J connectivity index is 2.29. The minimum atomic E-state index is 0.494. The van der Waals surface area contributed by atoms with Crippen LogP contribution < -0.4 is 0 Å². The van der Waals surface area contributed by atoms with E-state index in [0.29, 0.717) is 18.7 Å². The molecule has 0 unspecified atom stereocenters. The van der Waals surface area contributed by atoms with Gasteiger partial charge in [-0.25, -0.2) is 0 Å². The van der Waals surface area contributed by atoms with Crippen molar-refractivity contribution < 1.29 is 0 Å². The van der Waals surface area contributed by atoms with Gasteiger partial charge < -0.3 is 0 Å². The molecular formula is C13H13N5S. The first-order valence-corrected chi connectivity index (χ1v) is 6.79. The maximum Gasteiger partial charge on any atom is 0.191 e. The van der Waals surface area contributed by atoms with Crippen molar-refractivity contribution in [2.24, 2.45) is 0 Å². The minimum absolute atomic E-state index is 0.494. The van der Waals surface area contributed by atoms with Crippen molar-refractivity contribution in [3.05, 3.63) is 37.2 Å². The number of allylic oxidation sites excluding steroid dienone is 1. The molecule has 0 atom stereocenters. The molecular weight excluding hydrogens is 258 g/mol. The number of nitrogens with zero attached hydrogens (tertiary/aromatic N) is 5. The number of nitriles is 1. The van der Waals surface area contributed by atoms with Crippen molar-refractivity contribution >= 4 is 11.8 Å². The van der Waals surface area contributed by atoms with Crippen LogP contribution in [0.2, 0.25) is 0 Å². The fraction of sp³-hybridized carbons (Fsp3) is 0.231. The Morgan fingerprint density at radius 1 is 1.47 bits per heavy atom. The van der Waals surface area contributed by atoms with Crippen LogP contribution in [0.5, 0.6) is 0 Å². The summed E-state index contributed by atoms with van der Waals surface area (Å²) >= 11 is 1.53. The van der Waals surface area contributed by atoms with E-state index >= 15 is 0 Å². The number of hydrogen-bond donors (Lipinski definition) is 0. The summed E-state index contributed by atoms with van der Waals surface area (Å²) in [5.74, 6) is 1.48. The molecule has 2 aromatic rings. The van der Waals surface area contributed by atoms with Crippen LogP contribution in [0.3, 0.4) is 0 Å². The molecule has 0 N–H and O–H groups in total. The summed E-state index contributed by atoms with van der Waals surface area (Å²) in [5, 5.41) is 17.7. The van der Waals surface area contributed by atoms with E-state index in [0.717, 1.165) is 16.5 Å². The van der Waals surface area contributed by atoms with Crippen molar-refractivity contribution in [3.8, 4) is 17.5 Å². The highest BCUT2D eigenvalue weighted by Crippen LogP contribution is 2.23. The van der Waals surface area contributed by atoms with Gasteiger partial charge in [0.15, 0.2) is 11.0 Å². The smallest absolute Gasteiger partial charge is 0.191 e. The zero-order chi connectivity index (χ0) is 13.5. The normalized spacial score (nSPS) is 10.1. The lowest BCUT2D eigenvalue weighted by Gasteiger charge is -2.06. The number of rotatable bonds is 6. The summed E-state index contributed by atoms with van der Waals surface area (Å²) in [6.07, 6.45) is 5.78. The molecule has 0 aromatic carbocycles. The van der Waals surface area contributed by atoms with Gasteiger partial charge in [0.2, 0.25) is 0 Å². The second-order valence-corrected chi connectivity index (χ2v) is 4.77. The first kappa shape index (κ1) is 13.3. The molecule has 0 bridgehead atoms. The summed E-state index contributed by atoms with van der Waals surface area (Å²) in [5.41, 5.74) is 0.920. The Hall–Kier alpha value is -2.13. The van der Waals surface area contributed by atoms with Gasteiger partial charge in [0.1, 0.15) is 0 Å². The third-order valence-electron chi connectivity index (χ3n) is 2.39. The lowest BCUT2D eigenvalue weighted by molar-refractivity contribution is 0.731. The van der Waals surface area contributed by atoms with Crippen LogP contribution in [0.4, 0.5) is 0 Å². The monoisotopic (exact) mass is 271 g/mol. The van der Waals surface area contributed by atoms with Gasteiger partial charge >= 0.3 is 0 Å². The molecule has 6 heteroatoms. The Morgan fingerprint density at radius 3 is 3.05 bits per heavy atom. The first-order valence-electron chi connectivity index (χ1n) is 5.81. The highest BCUT2D eigenvalue weighted by molar-refractivity contribution is 7.99. The zero-order valence-electron chi connectivity index (χ0n) is 10.4. The molecule has 0 fully saturated rings. The van der Waals surface area contributed by atoms with Gasteiger partial charge in [0.05, 0.1) is 6.07 Å². The standard InChI is InChI=1S/C13H13N5S/c1-2-8-18-12(11-5-3-7-15-10-11)16-17-13(18)19-9-4-6-14/h2-3,5,7,10H,1,4,8-9H2. The third kappa shape index (κ3) is 3.20. The predicted octanol–water partition coefficient (Wildman–Crippen LogP) is 2.53. The molecule has 0 aliphatic carbocycles. The number of pyridine rings is 1. The fourth-order valence-corrected chi connectivity index (χ4v) is 2.38. The van der Waals surface area contributed by atoms with Crippen molar-refractivity contribution in [2.75, 3.05) is 5.75 Å². The SMILES string of the molecule is C=CCn1c(SCCC#N)nnc1-c1cccnc1. The van der Waals surface area contributed by atoms with Crippen LogP contribution in [0.15, 0.2) is 42.3 Å². The van der Waals surface area contributed by atoms with Crippen LogP contribution in [0.1, 0.15) is 6.42 Å². The van der Waals surface area contributed by atoms with E-state index in [1.807, 2.05) is 16.7 Å². The van der Waals surface area contributed by atoms with Crippen LogP contribution in [-0.4, -0.2) is 25.5 Å². The molecule has 2 aromatic heterocycles. The predicted molar refractivity (Wildman–Crippen MR) is 74.4 cm³/mol. The van der Waals surface area contributed by atoms with Gasteiger partial charge in [-0.2, -0.15) is 5.26 Å². The van der Waals surface area contributed by atoms with Crippen LogP contribution in [0.25, 0.3) is 11.4 Å². The topological polar surface area (TPSA) is 67.4 Å². The van der Waals surface area contributed by atoms with Gasteiger partial charge in [-0.3, -0.25) is 9.55 Å². The molecule has 0 amide bonds. The molecule has 19 heavy (non-hydrogen) atoms. The quantitative estimate of drug-likeness (QED) is 0.459. The van der Waals surface area contributed by atoms with Gasteiger partial charge in [0.25, 0.3) is 0 Å². The fourth-order valence-electron chi connectivity index (χ4n) is 1.59. The second kappa shape index (κ2) is 6.71. The van der Waals surface area contributed by atoms with Gasteiger partial charge in [-0.05, 0) is 12.1 Å². The number of hydrogen-bond acceptors (Lipinski definition) is 5. The lowest BCUT2D eigenvalue weighted by atomic mass is 10.3. The van der Waals surface area contributed by atoms with Gasteiger partial charge in [-0.1, -0.05) is 17.8 Å². The lowest BCUT2D eigenvalue weighted by Crippen LogP contribution is -2.01. The summed E-state index contributed by atoms with van der Waals surface area (Å²) < 4.78 is 1.98. The van der Waals surface area contributed by atoms with E-state index in [2.05, 4.69) is 27.8 Å². The van der Waals surface area contributed by atoms with Crippen LogP contribution in [-0.2, 0) is 6.54 Å². The Morgan fingerprint density at radius 2 is 2.37 bits per heavy atom. The van der Waals surface area contributed by atoms with E-state index < -0.39 is 0 Å². The molecule has 0 aliphatic heterocycles. The maximum atomic E-state index is 8.57. The molecule has 2 heterocycles. The summed E-state index contributed by atoms with van der Waals surface area (Å²) in [7, 11) is 0. The molecule has 0 saturated carbocycles. The van der Waals surface area contributed by atoms with Crippen molar-refractivity contribution in [1.29, 1.82) is 5.26 Å². The molecule has 0 spiro atoms. The highest BCUT2D eigenvalue weighted by atomic mass is 32.2. The number of thioether (sulfide) groups is 1. The van der Waals surface area contributed by atoms with Gasteiger partial charge in [-0.15, -0.1) is 16.8 Å². The maximum absolute atomic E-state index is 8.57. The molecule has 0 radical (unpaired) electrons. The van der Waals surface area contributed by atoms with Crippen molar-refractivity contribution in [3.63, 3.8) is 0 Å². The third-order valence-corrected chi connectivity index (χ3v) is 3.36. The molecule has 0 aliphatic rings. The van der Waals surface area contributed by atoms with Crippen LogP contribution >= 0.6 is 11.8 Å². The molecule has 96 valence electrons. The largest absolute Gasteiger partial charge is 0.298 e. The summed E-state index contributed by atoms with van der Waals surface area (Å²) in [4.78, 5) is 4.09. The minimum Gasteiger partial charge on any atom is -0.298 e. The Kier molecular flexibility index (Phi) is 4.70. The zero-order valence-corrected chi connectivity index (χ0v) is 11.2. The van der Waals surface area contributed by atoms with E-state index in [4.69, 9.17) is 5.26 Å². The number of aromatic nitrogens is 4. The second-order valence-electron chi connectivity index (χ2n) is 3.70. The average Bonchev–Trinajstić information content (AvgIpc) is 2.84. The van der Waals surface area contributed by atoms with Gasteiger partial charge in [0, 0.05) is 36.7 Å².